The first-order valence-electron chi connectivity index (χ1n) is 4.77. The minimum atomic E-state index is -0.809. The summed E-state index contributed by atoms with van der Waals surface area (Å²) in [7, 11) is 0. The number of halogens is 3. The average molecular weight is 392 g/mol. The molecule has 14 heavy (non-hydrogen) atoms. The number of carbonyl (C=O) groups excluding carboxylic acids is 1. The first-order valence-corrected chi connectivity index (χ1v) is 7.15. The Balaban J connectivity index is 2.35. The predicted octanol–water partition coefficient (Wildman–Crippen LogP) is 3.52. The Bertz CT molecular complexity index is 207. The van der Waals surface area contributed by atoms with Crippen LogP contribution in [-0.2, 0) is 4.79 Å². The van der Waals surface area contributed by atoms with Gasteiger partial charge >= 0.3 is 0 Å². The number of carbonyl (C=O) groups is 1. The van der Waals surface area contributed by atoms with Crippen LogP contribution in [0.5, 0.6) is 0 Å². The third kappa shape index (κ3) is 4.19. The normalized spacial score (nSPS) is 28.6. The van der Waals surface area contributed by atoms with Gasteiger partial charge in [-0.05, 0) is 79.4 Å². The molecule has 0 spiro atoms. The van der Waals surface area contributed by atoms with Gasteiger partial charge in [-0.2, -0.15) is 0 Å². The van der Waals surface area contributed by atoms with E-state index in [1.165, 1.54) is 12.8 Å². The molecule has 0 aliphatic heterocycles. The van der Waals surface area contributed by atoms with Crippen molar-refractivity contribution >= 4 is 53.7 Å². The summed E-state index contributed by atoms with van der Waals surface area (Å²) in [6, 6.07) is 0.339. The van der Waals surface area contributed by atoms with Crippen molar-refractivity contribution < 1.29 is 4.79 Å². The van der Waals surface area contributed by atoms with E-state index in [0.717, 1.165) is 18.8 Å². The van der Waals surface area contributed by atoms with Gasteiger partial charge in [0, 0.05) is 6.04 Å². The maximum Gasteiger partial charge on any atom is 0.258 e. The van der Waals surface area contributed by atoms with Crippen LogP contribution >= 0.6 is 47.8 Å². The van der Waals surface area contributed by atoms with Gasteiger partial charge in [0.1, 0.15) is 0 Å². The average Bonchev–Trinajstić information content (AvgIpc) is 2.07. The first kappa shape index (κ1) is 13.0. The highest BCUT2D eigenvalue weighted by atomic mass is 80.0. The summed E-state index contributed by atoms with van der Waals surface area (Å²) >= 11 is 9.61. The summed E-state index contributed by atoms with van der Waals surface area (Å²) < 4.78 is -0.809. The molecule has 0 bridgehead atoms. The topological polar surface area (TPSA) is 29.1 Å². The third-order valence-corrected chi connectivity index (χ3v) is 3.69. The largest absolute Gasteiger partial charge is 0.351 e. The molecule has 0 unspecified atom stereocenters. The highest BCUT2D eigenvalue weighted by molar-refractivity contribution is 9.40. The fraction of sp³-hybridized carbons (Fsp3) is 0.889. The van der Waals surface area contributed by atoms with Gasteiger partial charge in [0.2, 0.25) is 2.14 Å². The van der Waals surface area contributed by atoms with Crippen LogP contribution in [0.15, 0.2) is 0 Å². The van der Waals surface area contributed by atoms with Crippen LogP contribution in [0.25, 0.3) is 0 Å². The maximum absolute atomic E-state index is 11.6. The van der Waals surface area contributed by atoms with Crippen LogP contribution in [0.2, 0.25) is 0 Å². The summed E-state index contributed by atoms with van der Waals surface area (Å²) in [6.07, 6.45) is 4.61. The maximum atomic E-state index is 11.6. The number of hydrogen-bond acceptors (Lipinski definition) is 1. The van der Waals surface area contributed by atoms with Crippen molar-refractivity contribution in [3.8, 4) is 0 Å². The molecular formula is C9H14Br3NO. The zero-order chi connectivity index (χ0) is 10.8. The van der Waals surface area contributed by atoms with Gasteiger partial charge in [0.15, 0.2) is 0 Å². The molecule has 0 aromatic heterocycles. The van der Waals surface area contributed by atoms with Gasteiger partial charge < -0.3 is 5.32 Å². The molecule has 2 nitrogen and oxygen atoms in total. The van der Waals surface area contributed by atoms with E-state index in [1.54, 1.807) is 0 Å². The smallest absolute Gasteiger partial charge is 0.258 e. The Labute approximate surface area is 110 Å². The summed E-state index contributed by atoms with van der Waals surface area (Å²) in [5.74, 6) is 0.752. The lowest BCUT2D eigenvalue weighted by Crippen LogP contribution is -2.42. The first-order chi connectivity index (χ1) is 6.39. The van der Waals surface area contributed by atoms with E-state index in [0.29, 0.717) is 6.04 Å². The van der Waals surface area contributed by atoms with Gasteiger partial charge in [-0.3, -0.25) is 4.79 Å². The lowest BCUT2D eigenvalue weighted by molar-refractivity contribution is -0.120. The number of rotatable bonds is 1. The van der Waals surface area contributed by atoms with Crippen molar-refractivity contribution in [3.05, 3.63) is 0 Å². The number of alkyl halides is 3. The summed E-state index contributed by atoms with van der Waals surface area (Å²) in [5, 5.41) is 3.00. The summed E-state index contributed by atoms with van der Waals surface area (Å²) in [4.78, 5) is 11.6. The molecule has 82 valence electrons. The van der Waals surface area contributed by atoms with Crippen LogP contribution in [-0.4, -0.2) is 14.1 Å². The predicted molar refractivity (Wildman–Crippen MR) is 69.1 cm³/mol. The van der Waals surface area contributed by atoms with Crippen LogP contribution in [0.3, 0.4) is 0 Å². The van der Waals surface area contributed by atoms with Crippen LogP contribution in [0.4, 0.5) is 0 Å². The monoisotopic (exact) mass is 389 g/mol. The second-order valence-electron chi connectivity index (χ2n) is 3.93. The quantitative estimate of drug-likeness (QED) is 0.681. The molecule has 1 N–H and O–H groups in total. The molecule has 1 fully saturated rings. The lowest BCUT2D eigenvalue weighted by atomic mass is 9.87. The highest BCUT2D eigenvalue weighted by Gasteiger charge is 2.31. The lowest BCUT2D eigenvalue weighted by Gasteiger charge is -2.28. The van der Waals surface area contributed by atoms with Crippen molar-refractivity contribution in [2.45, 2.75) is 40.8 Å². The molecular weight excluding hydrogens is 378 g/mol. The van der Waals surface area contributed by atoms with E-state index in [2.05, 4.69) is 60.0 Å². The Hall–Kier alpha value is 0.910. The Kier molecular flexibility index (Phi) is 4.91. The molecule has 1 saturated carbocycles. The minimum absolute atomic E-state index is 0.0583. The fourth-order valence-electron chi connectivity index (χ4n) is 1.67. The van der Waals surface area contributed by atoms with Crippen molar-refractivity contribution in [2.75, 3.05) is 0 Å². The molecule has 0 saturated heterocycles. The molecule has 0 atom stereocenters. The Morgan fingerprint density at radius 1 is 1.21 bits per heavy atom. The van der Waals surface area contributed by atoms with E-state index in [9.17, 15) is 4.79 Å². The zero-order valence-corrected chi connectivity index (χ0v) is 12.8. The van der Waals surface area contributed by atoms with Gasteiger partial charge in [-0.1, -0.05) is 6.92 Å². The van der Waals surface area contributed by atoms with Crippen molar-refractivity contribution in [2.24, 2.45) is 5.92 Å². The molecule has 0 aromatic rings. The standard InChI is InChI=1S/C9H14Br3NO/c1-6-2-4-7(5-3-6)13-8(14)9(10,11)12/h6-7H,2-5H2,1H3,(H,13,14). The van der Waals surface area contributed by atoms with Crippen molar-refractivity contribution in [3.63, 3.8) is 0 Å². The van der Waals surface area contributed by atoms with Crippen LogP contribution < -0.4 is 5.32 Å². The second-order valence-corrected chi connectivity index (χ2v) is 10.7. The molecule has 1 amide bonds. The van der Waals surface area contributed by atoms with E-state index in [-0.39, 0.29) is 5.91 Å². The van der Waals surface area contributed by atoms with Crippen LogP contribution in [0.1, 0.15) is 32.6 Å². The van der Waals surface area contributed by atoms with E-state index in [4.69, 9.17) is 0 Å². The molecule has 0 radical (unpaired) electrons. The number of amides is 1. The Morgan fingerprint density at radius 3 is 2.14 bits per heavy atom. The number of hydrogen-bond donors (Lipinski definition) is 1. The Morgan fingerprint density at radius 2 is 1.71 bits per heavy atom. The van der Waals surface area contributed by atoms with E-state index in [1.807, 2.05) is 0 Å². The third-order valence-electron chi connectivity index (χ3n) is 2.61. The molecule has 1 aliphatic carbocycles. The molecule has 5 heteroatoms. The van der Waals surface area contributed by atoms with Crippen molar-refractivity contribution in [1.82, 2.24) is 5.32 Å². The summed E-state index contributed by atoms with van der Waals surface area (Å²) in [5.41, 5.74) is 0. The summed E-state index contributed by atoms with van der Waals surface area (Å²) in [6.45, 7) is 2.27. The van der Waals surface area contributed by atoms with Gasteiger partial charge in [0.05, 0.1) is 0 Å². The van der Waals surface area contributed by atoms with Gasteiger partial charge in [0.25, 0.3) is 5.91 Å². The SMILES string of the molecule is CC1CCC(NC(=O)C(Br)(Br)Br)CC1. The van der Waals surface area contributed by atoms with Crippen molar-refractivity contribution in [1.29, 1.82) is 0 Å². The fourth-order valence-corrected chi connectivity index (χ4v) is 2.02. The zero-order valence-electron chi connectivity index (χ0n) is 8.03. The van der Waals surface area contributed by atoms with E-state index < -0.39 is 2.14 Å². The highest BCUT2D eigenvalue weighted by Crippen LogP contribution is 2.34. The van der Waals surface area contributed by atoms with Crippen LogP contribution in [0, 0.1) is 5.92 Å². The number of nitrogens with one attached hydrogen (secondary N) is 1. The minimum Gasteiger partial charge on any atom is -0.351 e. The van der Waals surface area contributed by atoms with Gasteiger partial charge in [-0.25, -0.2) is 0 Å². The molecule has 0 aromatic carbocycles. The molecule has 1 rings (SSSR count). The van der Waals surface area contributed by atoms with Gasteiger partial charge in [-0.15, -0.1) is 0 Å². The molecule has 1 aliphatic rings. The van der Waals surface area contributed by atoms with E-state index >= 15 is 0 Å². The molecule has 0 heterocycles. The second kappa shape index (κ2) is 5.30.